The molecule has 5 aromatic rings. The van der Waals surface area contributed by atoms with Crippen molar-refractivity contribution in [3.05, 3.63) is 138 Å². The molecule has 0 bridgehead atoms. The van der Waals surface area contributed by atoms with E-state index in [1.807, 2.05) is 12.1 Å². The molecule has 1 N–H and O–H groups in total. The summed E-state index contributed by atoms with van der Waals surface area (Å²) < 4.78 is 48.7. The van der Waals surface area contributed by atoms with Crippen LogP contribution in [0, 0.1) is 11.8 Å². The average Bonchev–Trinajstić information content (AvgIpc) is 3.31. The molecule has 0 spiro atoms. The van der Waals surface area contributed by atoms with Gasteiger partial charge in [-0.25, -0.2) is 0 Å². The lowest BCUT2D eigenvalue weighted by Gasteiger charge is -2.28. The monoisotopic (exact) mass is 875 g/mol. The van der Waals surface area contributed by atoms with Gasteiger partial charge in [0.05, 0.1) is 18.1 Å². The zero-order chi connectivity index (χ0) is 45.0. The number of anilines is 4. The summed E-state index contributed by atoms with van der Waals surface area (Å²) in [6.45, 7) is 16.5. The van der Waals surface area contributed by atoms with Gasteiger partial charge in [0.25, 0.3) is 10.1 Å². The molecule has 5 rings (SSSR count). The molecule has 8 heteroatoms. The highest BCUT2D eigenvalue weighted by atomic mass is 32.2. The number of hydrogen-bond acceptors (Lipinski definition) is 6. The van der Waals surface area contributed by atoms with Gasteiger partial charge in [0.1, 0.15) is 11.5 Å². The van der Waals surface area contributed by atoms with Gasteiger partial charge in [-0.15, -0.1) is 0 Å². The molecule has 0 fully saturated rings. The highest BCUT2D eigenvalue weighted by molar-refractivity contribution is 7.85. The smallest absolute Gasteiger partial charge is 0.294 e. The molecule has 0 aliphatic rings. The van der Waals surface area contributed by atoms with Crippen LogP contribution in [0.3, 0.4) is 0 Å². The summed E-state index contributed by atoms with van der Waals surface area (Å²) >= 11 is 0. The molecule has 0 aromatic heterocycles. The van der Waals surface area contributed by atoms with Gasteiger partial charge < -0.3 is 19.3 Å². The lowest BCUT2D eigenvalue weighted by atomic mass is 9.85. The number of rotatable bonds is 28. The molecule has 340 valence electrons. The van der Waals surface area contributed by atoms with Crippen molar-refractivity contribution >= 4 is 32.9 Å². The van der Waals surface area contributed by atoms with Crippen LogP contribution < -0.4 is 19.3 Å². The third-order valence-electron chi connectivity index (χ3n) is 12.4. The molecular weight excluding hydrogens is 801 g/mol. The Bertz CT molecular complexity index is 2040. The lowest BCUT2D eigenvalue weighted by molar-refractivity contribution is 0.233. The van der Waals surface area contributed by atoms with E-state index in [4.69, 9.17) is 9.47 Å². The molecule has 0 saturated heterocycles. The Morgan fingerprint density at radius 2 is 0.857 bits per heavy atom. The maximum Gasteiger partial charge on any atom is 0.294 e. The van der Waals surface area contributed by atoms with Gasteiger partial charge in [-0.3, -0.25) is 4.55 Å². The normalized spacial score (nSPS) is 13.0. The summed E-state index contributed by atoms with van der Waals surface area (Å²) in [5.41, 5.74) is 6.65. The highest BCUT2D eigenvalue weighted by Crippen LogP contribution is 2.39. The van der Waals surface area contributed by atoms with E-state index in [2.05, 4.69) is 148 Å². The fourth-order valence-electron chi connectivity index (χ4n) is 8.31. The Labute approximate surface area is 380 Å². The SMILES string of the molecule is CCCCC(CC)COc1ccc(N(CCCC)c2ccc(C(c3ccc(N(CCCC)c4ccc(OCC(CC)CCCC)cc4)cc3)c3ccccc3S(=O)(=O)O)cc2)cc1. The second kappa shape index (κ2) is 25.5. The maximum absolute atomic E-state index is 12.9. The molecule has 7 nitrogen and oxygen atoms in total. The number of unbranched alkanes of at least 4 members (excludes halogenated alkanes) is 4. The summed E-state index contributed by atoms with van der Waals surface area (Å²) in [4.78, 5) is 4.58. The average molecular weight is 875 g/mol. The zero-order valence-electron chi connectivity index (χ0n) is 39.0. The van der Waals surface area contributed by atoms with Gasteiger partial charge >= 0.3 is 0 Å². The molecule has 0 aliphatic heterocycles. The zero-order valence-corrected chi connectivity index (χ0v) is 39.8. The molecular formula is C55H74N2O5S. The third kappa shape index (κ3) is 14.4. The first kappa shape index (κ1) is 49.2. The molecule has 0 radical (unpaired) electrons. The molecule has 63 heavy (non-hydrogen) atoms. The van der Waals surface area contributed by atoms with Crippen molar-refractivity contribution in [2.24, 2.45) is 11.8 Å². The predicted octanol–water partition coefficient (Wildman–Crippen LogP) is 15.2. The Morgan fingerprint density at radius 1 is 0.492 bits per heavy atom. The van der Waals surface area contributed by atoms with Gasteiger partial charge in [-0.1, -0.05) is 135 Å². The topological polar surface area (TPSA) is 79.3 Å². The fraction of sp³-hybridized carbons (Fsp3) is 0.455. The number of ether oxygens (including phenoxy) is 2. The quantitative estimate of drug-likeness (QED) is 0.0396. The van der Waals surface area contributed by atoms with Crippen molar-refractivity contribution in [1.82, 2.24) is 0 Å². The largest absolute Gasteiger partial charge is 0.493 e. The van der Waals surface area contributed by atoms with E-state index in [-0.39, 0.29) is 4.90 Å². The summed E-state index contributed by atoms with van der Waals surface area (Å²) in [5.74, 6) is 2.46. The molecule has 0 saturated carbocycles. The van der Waals surface area contributed by atoms with Crippen LogP contribution in [-0.2, 0) is 10.1 Å². The summed E-state index contributed by atoms with van der Waals surface area (Å²) in [6, 6.07) is 40.5. The third-order valence-corrected chi connectivity index (χ3v) is 13.3. The van der Waals surface area contributed by atoms with Crippen LogP contribution in [0.25, 0.3) is 0 Å². The Hall–Kier alpha value is -4.79. The van der Waals surface area contributed by atoms with Gasteiger partial charge in [0, 0.05) is 41.8 Å². The number of hydrogen-bond donors (Lipinski definition) is 1. The van der Waals surface area contributed by atoms with E-state index >= 15 is 0 Å². The van der Waals surface area contributed by atoms with Crippen molar-refractivity contribution < 1.29 is 22.4 Å². The van der Waals surface area contributed by atoms with Crippen LogP contribution in [0.4, 0.5) is 22.7 Å². The van der Waals surface area contributed by atoms with Crippen molar-refractivity contribution in [3.63, 3.8) is 0 Å². The van der Waals surface area contributed by atoms with Crippen molar-refractivity contribution in [2.45, 2.75) is 129 Å². The summed E-state index contributed by atoms with van der Waals surface area (Å²) in [7, 11) is -4.50. The first-order valence-electron chi connectivity index (χ1n) is 23.9. The fourth-order valence-corrected chi connectivity index (χ4v) is 9.05. The van der Waals surface area contributed by atoms with Gasteiger partial charge in [-0.2, -0.15) is 8.42 Å². The van der Waals surface area contributed by atoms with Crippen LogP contribution >= 0.6 is 0 Å². The Morgan fingerprint density at radius 3 is 1.21 bits per heavy atom. The van der Waals surface area contributed by atoms with E-state index in [0.717, 1.165) is 110 Å². The van der Waals surface area contributed by atoms with E-state index in [1.165, 1.54) is 44.6 Å². The minimum atomic E-state index is -4.50. The molecule has 2 unspecified atom stereocenters. The molecule has 0 amide bonds. The second-order valence-corrected chi connectivity index (χ2v) is 18.5. The van der Waals surface area contributed by atoms with Crippen molar-refractivity contribution in [1.29, 1.82) is 0 Å². The van der Waals surface area contributed by atoms with Crippen LogP contribution in [0.1, 0.15) is 141 Å². The second-order valence-electron chi connectivity index (χ2n) is 17.1. The lowest BCUT2D eigenvalue weighted by Crippen LogP contribution is -2.19. The maximum atomic E-state index is 12.9. The minimum Gasteiger partial charge on any atom is -0.493 e. The van der Waals surface area contributed by atoms with Crippen molar-refractivity contribution in [2.75, 3.05) is 36.1 Å². The molecule has 0 aliphatic carbocycles. The predicted molar refractivity (Wildman–Crippen MR) is 264 cm³/mol. The summed E-state index contributed by atoms with van der Waals surface area (Å²) in [6.07, 6.45) is 13.7. The molecule has 0 heterocycles. The van der Waals surface area contributed by atoms with Crippen LogP contribution in [0.5, 0.6) is 11.5 Å². The van der Waals surface area contributed by atoms with Crippen LogP contribution in [0.15, 0.2) is 126 Å². The molecule has 2 atom stereocenters. The highest BCUT2D eigenvalue weighted by Gasteiger charge is 2.26. The van der Waals surface area contributed by atoms with Crippen LogP contribution in [-0.4, -0.2) is 39.3 Å². The molecule has 5 aromatic carbocycles. The Balaban J connectivity index is 1.44. The number of nitrogens with zero attached hydrogens (tertiary/aromatic N) is 2. The van der Waals surface area contributed by atoms with Crippen LogP contribution in [0.2, 0.25) is 0 Å². The number of benzene rings is 5. The minimum absolute atomic E-state index is 0.0897. The standard InChI is InChI=1S/C55H74N2O5S/c1-7-13-19-43(11-5)41-61-51-35-31-49(32-36-51)56(39-15-9-3)47-27-23-45(24-28-47)55(53-21-17-18-22-54(53)63(58,59)60)46-25-29-48(30-26-46)57(40-16-10-4)50-33-37-52(38-34-50)62-42-44(12-6)20-14-8-2/h17-18,21-38,43-44,55H,7-16,19-20,39-42H2,1-6H3,(H,58,59,60). The van der Waals surface area contributed by atoms with E-state index in [1.54, 1.807) is 6.07 Å². The van der Waals surface area contributed by atoms with Crippen molar-refractivity contribution in [3.8, 4) is 11.5 Å². The summed E-state index contributed by atoms with van der Waals surface area (Å²) in [5, 5.41) is 0. The van der Waals surface area contributed by atoms with E-state index in [0.29, 0.717) is 17.4 Å². The first-order valence-corrected chi connectivity index (χ1v) is 25.3. The van der Waals surface area contributed by atoms with Gasteiger partial charge in [-0.05, 0) is 133 Å². The van der Waals surface area contributed by atoms with E-state index in [9.17, 15) is 13.0 Å². The van der Waals surface area contributed by atoms with E-state index < -0.39 is 16.0 Å². The Kier molecular flexibility index (Phi) is 19.9. The van der Waals surface area contributed by atoms with Gasteiger partial charge in [0.15, 0.2) is 0 Å². The first-order chi connectivity index (χ1) is 30.6. The van der Waals surface area contributed by atoms with Gasteiger partial charge in [0.2, 0.25) is 0 Å².